The van der Waals surface area contributed by atoms with Crippen LogP contribution in [0.5, 0.6) is 0 Å². The number of allylic oxidation sites excluding steroid dienone is 1. The van der Waals surface area contributed by atoms with Gasteiger partial charge in [-0.05, 0) is 12.0 Å². The normalized spacial score (nSPS) is 18.4. The van der Waals surface area contributed by atoms with Crippen LogP contribution in [0.3, 0.4) is 0 Å². The number of halogens is 1. The highest BCUT2D eigenvalue weighted by Crippen LogP contribution is 2.02. The Bertz CT molecular complexity index is 126. The van der Waals surface area contributed by atoms with Gasteiger partial charge in [-0.25, -0.2) is 0 Å². The van der Waals surface area contributed by atoms with Gasteiger partial charge in [0.2, 0.25) is 0 Å². The molecule has 2 heteroatoms. The summed E-state index contributed by atoms with van der Waals surface area (Å²) in [6.45, 7) is 0.969. The van der Waals surface area contributed by atoms with Gasteiger partial charge < -0.3 is 0 Å². The van der Waals surface area contributed by atoms with Gasteiger partial charge in [0.1, 0.15) is 0 Å². The van der Waals surface area contributed by atoms with Crippen molar-refractivity contribution in [2.24, 2.45) is 4.99 Å². The topological polar surface area (TPSA) is 12.4 Å². The average molecular weight is 174 g/mol. The third kappa shape index (κ3) is 1.44. The number of rotatable bonds is 1. The first-order valence-electron chi connectivity index (χ1n) is 2.68. The van der Waals surface area contributed by atoms with E-state index in [0.717, 1.165) is 18.3 Å². The maximum absolute atomic E-state index is 4.11. The Labute approximate surface area is 57.6 Å². The molecule has 0 spiro atoms. The second kappa shape index (κ2) is 3.02. The number of nitrogens with zero attached hydrogens (tertiary/aromatic N) is 1. The second-order valence-corrected chi connectivity index (χ2v) is 2.30. The van der Waals surface area contributed by atoms with Gasteiger partial charge in [-0.3, -0.25) is 4.99 Å². The first-order chi connectivity index (χ1) is 3.93. The molecule has 0 saturated heterocycles. The maximum Gasteiger partial charge on any atom is 0.0424 e. The van der Waals surface area contributed by atoms with Crippen LogP contribution in [0.4, 0.5) is 0 Å². The molecule has 1 rings (SSSR count). The molecule has 44 valence electrons. The van der Waals surface area contributed by atoms with Crippen molar-refractivity contribution in [3.63, 3.8) is 0 Å². The Morgan fingerprint density at radius 2 is 2.62 bits per heavy atom. The fourth-order valence-electron chi connectivity index (χ4n) is 0.648. The quantitative estimate of drug-likeness (QED) is 0.537. The smallest absolute Gasteiger partial charge is 0.0424 e. The van der Waals surface area contributed by atoms with Crippen molar-refractivity contribution in [1.82, 2.24) is 0 Å². The van der Waals surface area contributed by atoms with Crippen molar-refractivity contribution in [3.8, 4) is 0 Å². The zero-order valence-electron chi connectivity index (χ0n) is 4.60. The van der Waals surface area contributed by atoms with E-state index in [-0.39, 0.29) is 0 Å². The molecule has 1 nitrogen and oxygen atoms in total. The van der Waals surface area contributed by atoms with E-state index < -0.39 is 0 Å². The van der Waals surface area contributed by atoms with Crippen LogP contribution >= 0.6 is 15.9 Å². The summed E-state index contributed by atoms with van der Waals surface area (Å²) in [5.74, 6) is 0. The third-order valence-electron chi connectivity index (χ3n) is 1.08. The minimum absolute atomic E-state index is 0.941. The summed E-state index contributed by atoms with van der Waals surface area (Å²) in [6.07, 6.45) is 5.25. The van der Waals surface area contributed by atoms with Crippen molar-refractivity contribution in [2.75, 3.05) is 11.9 Å². The molecule has 0 aliphatic carbocycles. The molecule has 0 atom stereocenters. The zero-order valence-corrected chi connectivity index (χ0v) is 6.19. The van der Waals surface area contributed by atoms with Gasteiger partial charge in [-0.15, -0.1) is 0 Å². The lowest BCUT2D eigenvalue weighted by atomic mass is 10.2. The Kier molecular flexibility index (Phi) is 2.27. The number of hydrogen-bond donors (Lipinski definition) is 0. The summed E-state index contributed by atoms with van der Waals surface area (Å²) < 4.78 is 0. The standard InChI is InChI=1S/C6H8BrN/c7-4-6-2-1-3-8-5-6/h2,5H,1,3-4H2. The van der Waals surface area contributed by atoms with E-state index in [0.29, 0.717) is 0 Å². The Hall–Kier alpha value is -0.110. The Morgan fingerprint density at radius 3 is 3.00 bits per heavy atom. The van der Waals surface area contributed by atoms with Gasteiger partial charge in [0.05, 0.1) is 0 Å². The monoisotopic (exact) mass is 173 g/mol. The van der Waals surface area contributed by atoms with Crippen molar-refractivity contribution in [3.05, 3.63) is 11.6 Å². The molecular weight excluding hydrogens is 166 g/mol. The van der Waals surface area contributed by atoms with Crippen LogP contribution < -0.4 is 0 Å². The largest absolute Gasteiger partial charge is 0.293 e. The molecule has 0 bridgehead atoms. The molecule has 8 heavy (non-hydrogen) atoms. The van der Waals surface area contributed by atoms with Crippen LogP contribution in [0.15, 0.2) is 16.6 Å². The maximum atomic E-state index is 4.11. The van der Waals surface area contributed by atoms with Crippen LogP contribution in [-0.4, -0.2) is 18.1 Å². The molecule has 1 aliphatic heterocycles. The zero-order chi connectivity index (χ0) is 5.82. The SMILES string of the molecule is BrCC1=CCCN=C1. The highest BCUT2D eigenvalue weighted by molar-refractivity contribution is 9.09. The fraction of sp³-hybridized carbons (Fsp3) is 0.500. The minimum Gasteiger partial charge on any atom is -0.293 e. The third-order valence-corrected chi connectivity index (χ3v) is 1.72. The lowest BCUT2D eigenvalue weighted by Gasteiger charge is -1.99. The lowest BCUT2D eigenvalue weighted by Crippen LogP contribution is -1.94. The number of alkyl halides is 1. The number of aliphatic imine (C=N–C) groups is 1. The average Bonchev–Trinajstić information content (AvgIpc) is 1.90. The van der Waals surface area contributed by atoms with E-state index in [4.69, 9.17) is 0 Å². The molecule has 1 heterocycles. The summed E-state index contributed by atoms with van der Waals surface area (Å²) in [5, 5.41) is 0.941. The summed E-state index contributed by atoms with van der Waals surface area (Å²) >= 11 is 3.35. The molecule has 0 aromatic carbocycles. The molecule has 0 N–H and O–H groups in total. The Morgan fingerprint density at radius 1 is 1.75 bits per heavy atom. The molecule has 0 aromatic heterocycles. The van der Waals surface area contributed by atoms with Gasteiger partial charge in [0.15, 0.2) is 0 Å². The van der Waals surface area contributed by atoms with Crippen molar-refractivity contribution >= 4 is 22.1 Å². The molecule has 0 amide bonds. The first-order valence-corrected chi connectivity index (χ1v) is 3.80. The van der Waals surface area contributed by atoms with E-state index >= 15 is 0 Å². The summed E-state index contributed by atoms with van der Waals surface area (Å²) in [7, 11) is 0. The predicted molar refractivity (Wildman–Crippen MR) is 39.9 cm³/mol. The van der Waals surface area contributed by atoms with E-state index in [9.17, 15) is 0 Å². The highest BCUT2D eigenvalue weighted by atomic mass is 79.9. The van der Waals surface area contributed by atoms with Crippen LogP contribution in [-0.2, 0) is 0 Å². The van der Waals surface area contributed by atoms with E-state index in [1.807, 2.05) is 6.21 Å². The van der Waals surface area contributed by atoms with Crippen molar-refractivity contribution in [1.29, 1.82) is 0 Å². The van der Waals surface area contributed by atoms with Crippen LogP contribution in [0.25, 0.3) is 0 Å². The van der Waals surface area contributed by atoms with Gasteiger partial charge in [-0.1, -0.05) is 22.0 Å². The molecule has 0 radical (unpaired) electrons. The predicted octanol–water partition coefficient (Wildman–Crippen LogP) is 1.78. The fourth-order valence-corrected chi connectivity index (χ4v) is 1.02. The van der Waals surface area contributed by atoms with E-state index in [1.165, 1.54) is 5.57 Å². The number of hydrogen-bond acceptors (Lipinski definition) is 1. The first kappa shape index (κ1) is 6.02. The van der Waals surface area contributed by atoms with Gasteiger partial charge in [-0.2, -0.15) is 0 Å². The lowest BCUT2D eigenvalue weighted by molar-refractivity contribution is 0.990. The number of dihydropyridines is 1. The summed E-state index contributed by atoms with van der Waals surface area (Å²) in [4.78, 5) is 4.11. The van der Waals surface area contributed by atoms with Gasteiger partial charge >= 0.3 is 0 Å². The molecule has 0 unspecified atom stereocenters. The van der Waals surface area contributed by atoms with E-state index in [1.54, 1.807) is 0 Å². The Balaban J connectivity index is 2.51. The van der Waals surface area contributed by atoms with Crippen LogP contribution in [0.2, 0.25) is 0 Å². The molecule has 0 fully saturated rings. The summed E-state index contributed by atoms with van der Waals surface area (Å²) in [6, 6.07) is 0. The minimum atomic E-state index is 0.941. The van der Waals surface area contributed by atoms with Crippen LogP contribution in [0, 0.1) is 0 Å². The van der Waals surface area contributed by atoms with Gasteiger partial charge in [0.25, 0.3) is 0 Å². The molecule has 1 aliphatic rings. The van der Waals surface area contributed by atoms with Crippen molar-refractivity contribution in [2.45, 2.75) is 6.42 Å². The van der Waals surface area contributed by atoms with Crippen LogP contribution in [0.1, 0.15) is 6.42 Å². The van der Waals surface area contributed by atoms with E-state index in [2.05, 4.69) is 27.0 Å². The second-order valence-electron chi connectivity index (χ2n) is 1.74. The molecular formula is C6H8BrN. The molecule has 0 saturated carbocycles. The van der Waals surface area contributed by atoms with Crippen molar-refractivity contribution < 1.29 is 0 Å². The summed E-state index contributed by atoms with van der Waals surface area (Å²) in [5.41, 5.74) is 1.30. The highest BCUT2D eigenvalue weighted by Gasteiger charge is 1.92. The molecule has 0 aromatic rings. The van der Waals surface area contributed by atoms with Gasteiger partial charge in [0, 0.05) is 18.1 Å².